The van der Waals surface area contributed by atoms with E-state index >= 15 is 0 Å². The van der Waals surface area contributed by atoms with E-state index in [0.29, 0.717) is 34.7 Å². The number of phenols is 2. The van der Waals surface area contributed by atoms with E-state index in [1.807, 2.05) is 12.1 Å². The van der Waals surface area contributed by atoms with Gasteiger partial charge < -0.3 is 25.0 Å². The van der Waals surface area contributed by atoms with E-state index in [-0.39, 0.29) is 36.3 Å². The van der Waals surface area contributed by atoms with Crippen LogP contribution in [0, 0.1) is 11.8 Å². The molecule has 10 nitrogen and oxygen atoms in total. The molecule has 0 saturated carbocycles. The highest BCUT2D eigenvalue weighted by atomic mass is 16.5. The first-order valence-corrected chi connectivity index (χ1v) is 13.0. The molecule has 0 radical (unpaired) electrons. The van der Waals surface area contributed by atoms with Crippen molar-refractivity contribution in [3.05, 3.63) is 77.4 Å². The molecule has 3 aliphatic heterocycles. The summed E-state index contributed by atoms with van der Waals surface area (Å²) in [6.07, 6.45) is 0.658. The number of aromatic hydroxyl groups is 2. The van der Waals surface area contributed by atoms with Crippen LogP contribution in [0.4, 0.5) is 5.69 Å². The van der Waals surface area contributed by atoms with Crippen LogP contribution < -0.4 is 20.1 Å². The maximum atomic E-state index is 14.0. The van der Waals surface area contributed by atoms with Gasteiger partial charge in [0.05, 0.1) is 26.1 Å². The summed E-state index contributed by atoms with van der Waals surface area (Å²) < 4.78 is 10.7. The Hall–Kier alpha value is -4.57. The number of benzene rings is 3. The lowest BCUT2D eigenvalue weighted by molar-refractivity contribution is -0.142. The topological polar surface area (TPSA) is 137 Å². The summed E-state index contributed by atoms with van der Waals surface area (Å²) in [6, 6.07) is 16.5. The number of methoxy groups -OCH3 is 2. The molecule has 4 atom stereocenters. The molecule has 40 heavy (non-hydrogen) atoms. The third kappa shape index (κ3) is 3.78. The summed E-state index contributed by atoms with van der Waals surface area (Å²) in [6.45, 7) is 0.145. The van der Waals surface area contributed by atoms with Crippen molar-refractivity contribution in [3.8, 4) is 23.0 Å². The standard InChI is InChI=1S/C30H29N3O7/c1-39-23-10-8-16(15-24(23)40-2)11-12-33-27(36)25-20(13-17-7-9-21(34)22(35)14-17)32-30(26(25)28(33)37)18-5-3-4-6-19(18)31-29(30)38/h3-10,14-15,20,25-26,32,34-35H,11-13H2,1-2H3,(H,31,38)/t20-,25+,26-,30-/m0/s1. The third-order valence-corrected chi connectivity index (χ3v) is 8.28. The highest BCUT2D eigenvalue weighted by molar-refractivity contribution is 6.15. The van der Waals surface area contributed by atoms with E-state index in [9.17, 15) is 24.6 Å². The second-order valence-electron chi connectivity index (χ2n) is 10.4. The molecule has 3 heterocycles. The highest BCUT2D eigenvalue weighted by Crippen LogP contribution is 2.53. The van der Waals surface area contributed by atoms with Crippen LogP contribution in [0.3, 0.4) is 0 Å². The molecule has 3 aromatic rings. The van der Waals surface area contributed by atoms with Gasteiger partial charge in [0.15, 0.2) is 23.0 Å². The SMILES string of the molecule is COc1ccc(CCN2C(=O)[C@@H]3[C@H](Cc4ccc(O)c(O)c4)N[C@]4(C(=O)Nc5ccccc54)[C@@H]3C2=O)cc1OC. The molecule has 2 saturated heterocycles. The first-order chi connectivity index (χ1) is 19.3. The molecule has 3 aliphatic rings. The zero-order chi connectivity index (χ0) is 28.2. The minimum absolute atomic E-state index is 0.145. The maximum Gasteiger partial charge on any atom is 0.250 e. The molecule has 3 aromatic carbocycles. The van der Waals surface area contributed by atoms with Crippen LogP contribution in [0.1, 0.15) is 16.7 Å². The number of hydrogen-bond donors (Lipinski definition) is 4. The van der Waals surface area contributed by atoms with E-state index < -0.39 is 29.3 Å². The molecule has 206 valence electrons. The fourth-order valence-corrected chi connectivity index (χ4v) is 6.44. The molecule has 2 fully saturated rings. The zero-order valence-electron chi connectivity index (χ0n) is 22.0. The van der Waals surface area contributed by atoms with Crippen LogP contribution >= 0.6 is 0 Å². The molecule has 0 bridgehead atoms. The molecule has 1 spiro atoms. The van der Waals surface area contributed by atoms with Gasteiger partial charge in [0.25, 0.3) is 0 Å². The lowest BCUT2D eigenvalue weighted by Crippen LogP contribution is -2.53. The van der Waals surface area contributed by atoms with Gasteiger partial charge in [0.2, 0.25) is 17.7 Å². The number of likely N-dealkylation sites (tertiary alicyclic amines) is 1. The number of amides is 3. The number of para-hydroxylation sites is 1. The van der Waals surface area contributed by atoms with Crippen molar-refractivity contribution in [2.45, 2.75) is 24.4 Å². The second kappa shape index (κ2) is 9.56. The summed E-state index contributed by atoms with van der Waals surface area (Å²) in [5.41, 5.74) is 1.34. The Bertz CT molecular complexity index is 1540. The molecule has 3 amide bonds. The minimum Gasteiger partial charge on any atom is -0.504 e. The first kappa shape index (κ1) is 25.7. The number of fused-ring (bicyclic) bond motifs is 4. The van der Waals surface area contributed by atoms with Crippen molar-refractivity contribution >= 4 is 23.4 Å². The Morgan fingerprint density at radius 3 is 2.38 bits per heavy atom. The molecule has 6 rings (SSSR count). The van der Waals surface area contributed by atoms with E-state index in [1.54, 1.807) is 50.6 Å². The Kier molecular flexibility index (Phi) is 6.14. The quantitative estimate of drug-likeness (QED) is 0.263. The van der Waals surface area contributed by atoms with Crippen LogP contribution in [0.15, 0.2) is 60.7 Å². The summed E-state index contributed by atoms with van der Waals surface area (Å²) in [7, 11) is 3.09. The predicted octanol–water partition coefficient (Wildman–Crippen LogP) is 2.32. The minimum atomic E-state index is -1.41. The van der Waals surface area contributed by atoms with Gasteiger partial charge in [0.1, 0.15) is 5.54 Å². The van der Waals surface area contributed by atoms with E-state index in [4.69, 9.17) is 9.47 Å². The average molecular weight is 544 g/mol. The molecular formula is C30H29N3O7. The fraction of sp³-hybridized carbons (Fsp3) is 0.300. The van der Waals surface area contributed by atoms with Crippen LogP contribution in [0.2, 0.25) is 0 Å². The number of carbonyl (C=O) groups is 3. The van der Waals surface area contributed by atoms with Crippen molar-refractivity contribution in [3.63, 3.8) is 0 Å². The first-order valence-electron chi connectivity index (χ1n) is 13.0. The van der Waals surface area contributed by atoms with Gasteiger partial charge in [-0.3, -0.25) is 24.6 Å². The Morgan fingerprint density at radius 1 is 0.875 bits per heavy atom. The van der Waals surface area contributed by atoms with Gasteiger partial charge in [-0.25, -0.2) is 0 Å². The largest absolute Gasteiger partial charge is 0.504 e. The summed E-state index contributed by atoms with van der Waals surface area (Å²) in [5, 5.41) is 26.1. The summed E-state index contributed by atoms with van der Waals surface area (Å²) in [4.78, 5) is 42.8. The third-order valence-electron chi connectivity index (χ3n) is 8.28. The fourth-order valence-electron chi connectivity index (χ4n) is 6.44. The maximum absolute atomic E-state index is 14.0. The normalized spacial score (nSPS) is 24.8. The molecule has 0 aliphatic carbocycles. The van der Waals surface area contributed by atoms with Crippen molar-refractivity contribution in [2.75, 3.05) is 26.1 Å². The number of ether oxygens (including phenoxy) is 2. The van der Waals surface area contributed by atoms with Crippen molar-refractivity contribution in [1.82, 2.24) is 10.2 Å². The van der Waals surface area contributed by atoms with Gasteiger partial charge in [-0.05, 0) is 54.3 Å². The van der Waals surface area contributed by atoms with E-state index in [1.165, 1.54) is 17.0 Å². The molecular weight excluding hydrogens is 514 g/mol. The van der Waals surface area contributed by atoms with Crippen molar-refractivity contribution in [2.24, 2.45) is 11.8 Å². The summed E-state index contributed by atoms with van der Waals surface area (Å²) >= 11 is 0. The average Bonchev–Trinajstić information content (AvgIpc) is 3.53. The number of carbonyl (C=O) groups excluding carboxylic acids is 3. The number of nitrogens with zero attached hydrogens (tertiary/aromatic N) is 1. The predicted molar refractivity (Wildman–Crippen MR) is 144 cm³/mol. The molecule has 0 aromatic heterocycles. The second-order valence-corrected chi connectivity index (χ2v) is 10.4. The van der Waals surface area contributed by atoms with Crippen LogP contribution in [0.5, 0.6) is 23.0 Å². The summed E-state index contributed by atoms with van der Waals surface area (Å²) in [5.74, 6) is -2.26. The smallest absolute Gasteiger partial charge is 0.250 e. The number of anilines is 1. The van der Waals surface area contributed by atoms with Crippen LogP contribution in [-0.2, 0) is 32.8 Å². The van der Waals surface area contributed by atoms with Crippen molar-refractivity contribution in [1.29, 1.82) is 0 Å². The Morgan fingerprint density at radius 2 is 1.62 bits per heavy atom. The lowest BCUT2D eigenvalue weighted by Gasteiger charge is -2.29. The molecule has 0 unspecified atom stereocenters. The highest BCUT2D eigenvalue weighted by Gasteiger charge is 2.70. The number of imide groups is 1. The van der Waals surface area contributed by atoms with E-state index in [2.05, 4.69) is 10.6 Å². The van der Waals surface area contributed by atoms with Crippen LogP contribution in [0.25, 0.3) is 0 Å². The van der Waals surface area contributed by atoms with Gasteiger partial charge in [0, 0.05) is 23.8 Å². The van der Waals surface area contributed by atoms with Gasteiger partial charge >= 0.3 is 0 Å². The Labute approximate surface area is 230 Å². The van der Waals surface area contributed by atoms with Gasteiger partial charge in [-0.15, -0.1) is 0 Å². The Balaban J connectivity index is 1.35. The van der Waals surface area contributed by atoms with Crippen LogP contribution in [-0.4, -0.2) is 59.6 Å². The number of nitrogens with one attached hydrogen (secondary N) is 2. The molecule has 4 N–H and O–H groups in total. The van der Waals surface area contributed by atoms with Gasteiger partial charge in [-0.2, -0.15) is 0 Å². The number of hydrogen-bond acceptors (Lipinski definition) is 8. The lowest BCUT2D eigenvalue weighted by atomic mass is 9.76. The van der Waals surface area contributed by atoms with Gasteiger partial charge in [-0.1, -0.05) is 30.3 Å². The van der Waals surface area contributed by atoms with E-state index in [0.717, 1.165) is 5.56 Å². The number of phenolic OH excluding ortho intramolecular Hbond substituents is 2. The zero-order valence-corrected chi connectivity index (χ0v) is 22.0. The van der Waals surface area contributed by atoms with Crippen molar-refractivity contribution < 1.29 is 34.1 Å². The number of rotatable bonds is 7. The monoisotopic (exact) mass is 543 g/mol. The molecule has 10 heteroatoms.